The van der Waals surface area contributed by atoms with Crippen molar-refractivity contribution in [3.05, 3.63) is 12.2 Å². The first kappa shape index (κ1) is 13.6. The van der Waals surface area contributed by atoms with Crippen molar-refractivity contribution in [3.8, 4) is 0 Å². The average Bonchev–Trinajstić information content (AvgIpc) is 2.21. The van der Waals surface area contributed by atoms with Crippen molar-refractivity contribution in [2.75, 3.05) is 20.1 Å². The van der Waals surface area contributed by atoms with Crippen LogP contribution in [0, 0.1) is 0 Å². The van der Waals surface area contributed by atoms with Crippen molar-refractivity contribution >= 4 is 11.9 Å². The van der Waals surface area contributed by atoms with E-state index < -0.39 is 5.97 Å². The fourth-order valence-electron chi connectivity index (χ4n) is 0.978. The third kappa shape index (κ3) is 5.85. The van der Waals surface area contributed by atoms with Gasteiger partial charge >= 0.3 is 5.97 Å². The van der Waals surface area contributed by atoms with Crippen LogP contribution in [0.5, 0.6) is 0 Å². The predicted octanol–water partition coefficient (Wildman–Crippen LogP) is 0.0836. The van der Waals surface area contributed by atoms with Crippen LogP contribution >= 0.6 is 0 Å². The second-order valence-electron chi connectivity index (χ2n) is 3.22. The van der Waals surface area contributed by atoms with Crippen molar-refractivity contribution in [2.24, 2.45) is 0 Å². The van der Waals surface area contributed by atoms with Crippen LogP contribution in [0.4, 0.5) is 0 Å². The van der Waals surface area contributed by atoms with Gasteiger partial charge in [0, 0.05) is 26.2 Å². The molecule has 0 aromatic carbocycles. The first-order chi connectivity index (χ1) is 6.99. The van der Waals surface area contributed by atoms with Gasteiger partial charge in [0.2, 0.25) is 5.91 Å². The van der Waals surface area contributed by atoms with Crippen LogP contribution < -0.4 is 5.32 Å². The summed E-state index contributed by atoms with van der Waals surface area (Å²) in [7, 11) is 1.73. The molecule has 1 amide bonds. The lowest BCUT2D eigenvalue weighted by atomic mass is 10.3. The molecule has 0 spiro atoms. The standard InChI is InChI=1S/C10H18N2O3/c1-4-12(3)10(15)8(2)11-7-5-6-9(13)14/h5-6,8,11H,4,7H2,1-3H3,(H,13,14)/b6-5+. The maximum atomic E-state index is 11.5. The van der Waals surface area contributed by atoms with Crippen LogP contribution in [0.3, 0.4) is 0 Å². The molecule has 86 valence electrons. The Morgan fingerprint density at radius 3 is 2.60 bits per heavy atom. The van der Waals surface area contributed by atoms with E-state index in [-0.39, 0.29) is 11.9 Å². The van der Waals surface area contributed by atoms with Crippen LogP contribution in [0.25, 0.3) is 0 Å². The summed E-state index contributed by atoms with van der Waals surface area (Å²) in [5.74, 6) is -0.984. The van der Waals surface area contributed by atoms with E-state index in [2.05, 4.69) is 5.32 Å². The second-order valence-corrected chi connectivity index (χ2v) is 3.22. The number of carbonyl (C=O) groups is 2. The molecule has 15 heavy (non-hydrogen) atoms. The number of likely N-dealkylation sites (N-methyl/N-ethyl adjacent to an activating group) is 1. The number of amides is 1. The summed E-state index contributed by atoms with van der Waals surface area (Å²) in [4.78, 5) is 23.3. The Hall–Kier alpha value is -1.36. The number of carbonyl (C=O) groups excluding carboxylic acids is 1. The minimum absolute atomic E-state index is 0.00113. The minimum Gasteiger partial charge on any atom is -0.478 e. The summed E-state index contributed by atoms with van der Waals surface area (Å²) in [5, 5.41) is 11.2. The first-order valence-electron chi connectivity index (χ1n) is 4.86. The molecule has 0 aromatic heterocycles. The highest BCUT2D eigenvalue weighted by atomic mass is 16.4. The molecule has 1 atom stereocenters. The smallest absolute Gasteiger partial charge is 0.328 e. The van der Waals surface area contributed by atoms with E-state index >= 15 is 0 Å². The number of hydrogen-bond donors (Lipinski definition) is 2. The van der Waals surface area contributed by atoms with Crippen molar-refractivity contribution in [3.63, 3.8) is 0 Å². The lowest BCUT2D eigenvalue weighted by molar-refractivity contribution is -0.132. The molecule has 0 aliphatic rings. The molecular weight excluding hydrogens is 196 g/mol. The monoisotopic (exact) mass is 214 g/mol. The molecule has 5 heteroatoms. The minimum atomic E-state index is -0.985. The molecule has 0 aromatic rings. The van der Waals surface area contributed by atoms with Gasteiger partial charge in [-0.25, -0.2) is 4.79 Å². The van der Waals surface area contributed by atoms with E-state index in [1.54, 1.807) is 18.9 Å². The third-order valence-electron chi connectivity index (χ3n) is 2.02. The van der Waals surface area contributed by atoms with Crippen LogP contribution in [0.1, 0.15) is 13.8 Å². The van der Waals surface area contributed by atoms with E-state index in [0.717, 1.165) is 6.08 Å². The van der Waals surface area contributed by atoms with E-state index in [9.17, 15) is 9.59 Å². The molecule has 1 unspecified atom stereocenters. The van der Waals surface area contributed by atoms with E-state index in [1.807, 2.05) is 6.92 Å². The first-order valence-corrected chi connectivity index (χ1v) is 4.86. The predicted molar refractivity (Wildman–Crippen MR) is 57.6 cm³/mol. The number of nitrogens with zero attached hydrogens (tertiary/aromatic N) is 1. The van der Waals surface area contributed by atoms with Crippen LogP contribution in [-0.4, -0.2) is 48.1 Å². The molecule has 0 aliphatic carbocycles. The number of nitrogens with one attached hydrogen (secondary N) is 1. The van der Waals surface area contributed by atoms with Gasteiger partial charge in [0.15, 0.2) is 0 Å². The zero-order valence-electron chi connectivity index (χ0n) is 9.36. The lowest BCUT2D eigenvalue weighted by Gasteiger charge is -2.19. The molecule has 0 aliphatic heterocycles. The van der Waals surface area contributed by atoms with E-state index in [1.165, 1.54) is 6.08 Å². The summed E-state index contributed by atoms with van der Waals surface area (Å²) >= 11 is 0. The highest BCUT2D eigenvalue weighted by molar-refractivity contribution is 5.81. The molecule has 0 fully saturated rings. The number of carboxylic acid groups (broad SMARTS) is 1. The van der Waals surface area contributed by atoms with Gasteiger partial charge in [0.05, 0.1) is 6.04 Å². The average molecular weight is 214 g/mol. The quantitative estimate of drug-likeness (QED) is 0.614. The topological polar surface area (TPSA) is 69.6 Å². The van der Waals surface area contributed by atoms with Gasteiger partial charge in [-0.3, -0.25) is 4.79 Å². The number of hydrogen-bond acceptors (Lipinski definition) is 3. The molecular formula is C10H18N2O3. The molecule has 5 nitrogen and oxygen atoms in total. The zero-order valence-corrected chi connectivity index (χ0v) is 9.36. The largest absolute Gasteiger partial charge is 0.478 e. The highest BCUT2D eigenvalue weighted by Gasteiger charge is 2.14. The second kappa shape index (κ2) is 7.00. The molecule has 0 radical (unpaired) electrons. The molecule has 0 saturated carbocycles. The summed E-state index contributed by atoms with van der Waals surface area (Å²) < 4.78 is 0. The van der Waals surface area contributed by atoms with E-state index in [4.69, 9.17) is 5.11 Å². The molecule has 0 rings (SSSR count). The molecule has 0 saturated heterocycles. The fourth-order valence-corrected chi connectivity index (χ4v) is 0.978. The number of rotatable bonds is 6. The van der Waals surface area contributed by atoms with Crippen molar-refractivity contribution in [2.45, 2.75) is 19.9 Å². The van der Waals surface area contributed by atoms with Crippen LogP contribution in [0.15, 0.2) is 12.2 Å². The summed E-state index contributed by atoms with van der Waals surface area (Å²) in [6.45, 7) is 4.69. The highest BCUT2D eigenvalue weighted by Crippen LogP contribution is 1.90. The van der Waals surface area contributed by atoms with Gasteiger partial charge in [-0.15, -0.1) is 0 Å². The van der Waals surface area contributed by atoms with Gasteiger partial charge in [-0.1, -0.05) is 6.08 Å². The molecule has 0 bridgehead atoms. The van der Waals surface area contributed by atoms with Crippen LogP contribution in [0.2, 0.25) is 0 Å². The molecule has 0 heterocycles. The number of carboxylic acids is 1. The Morgan fingerprint density at radius 2 is 2.13 bits per heavy atom. The van der Waals surface area contributed by atoms with Gasteiger partial charge in [0.25, 0.3) is 0 Å². The molecule has 2 N–H and O–H groups in total. The van der Waals surface area contributed by atoms with Gasteiger partial charge in [-0.2, -0.15) is 0 Å². The maximum absolute atomic E-state index is 11.5. The van der Waals surface area contributed by atoms with Gasteiger partial charge < -0.3 is 15.3 Å². The Balaban J connectivity index is 3.88. The normalized spacial score (nSPS) is 12.7. The van der Waals surface area contributed by atoms with Crippen molar-refractivity contribution in [1.29, 1.82) is 0 Å². The Morgan fingerprint density at radius 1 is 1.53 bits per heavy atom. The Kier molecular flexibility index (Phi) is 6.37. The number of aliphatic carboxylic acids is 1. The summed E-state index contributed by atoms with van der Waals surface area (Å²) in [6, 6.07) is -0.298. The Bertz CT molecular complexity index is 251. The van der Waals surface area contributed by atoms with Crippen molar-refractivity contribution < 1.29 is 14.7 Å². The maximum Gasteiger partial charge on any atom is 0.328 e. The van der Waals surface area contributed by atoms with E-state index in [0.29, 0.717) is 13.1 Å². The SMILES string of the molecule is CCN(C)C(=O)C(C)NC/C=C/C(=O)O. The fraction of sp³-hybridized carbons (Fsp3) is 0.600. The third-order valence-corrected chi connectivity index (χ3v) is 2.02. The zero-order chi connectivity index (χ0) is 11.8. The van der Waals surface area contributed by atoms with Gasteiger partial charge in [-0.05, 0) is 13.8 Å². The van der Waals surface area contributed by atoms with Crippen molar-refractivity contribution in [1.82, 2.24) is 10.2 Å². The Labute approximate surface area is 89.8 Å². The summed E-state index contributed by atoms with van der Waals surface area (Å²) in [5.41, 5.74) is 0. The van der Waals surface area contributed by atoms with Crippen LogP contribution in [-0.2, 0) is 9.59 Å². The summed E-state index contributed by atoms with van der Waals surface area (Å²) in [6.07, 6.45) is 2.52. The lowest BCUT2D eigenvalue weighted by Crippen LogP contribution is -2.43. The van der Waals surface area contributed by atoms with Gasteiger partial charge in [0.1, 0.15) is 0 Å².